The van der Waals surface area contributed by atoms with Gasteiger partial charge in [-0.05, 0) is 43.7 Å². The molecule has 6 heteroatoms. The first-order valence-corrected chi connectivity index (χ1v) is 10.0. The molecule has 0 spiro atoms. The molecule has 0 saturated carbocycles. The van der Waals surface area contributed by atoms with Crippen LogP contribution in [0.5, 0.6) is 0 Å². The highest BCUT2D eigenvalue weighted by Crippen LogP contribution is 2.19. The van der Waals surface area contributed by atoms with Crippen LogP contribution in [0.25, 0.3) is 0 Å². The minimum Gasteiger partial charge on any atom is -0.373 e. The van der Waals surface area contributed by atoms with E-state index in [9.17, 15) is 0 Å². The fourth-order valence-electron chi connectivity index (χ4n) is 4.02. The Kier molecular flexibility index (Phi) is 8.82. The molecule has 1 aromatic rings. The highest BCUT2D eigenvalue weighted by atomic mass is 127. The van der Waals surface area contributed by atoms with Gasteiger partial charge in [0.1, 0.15) is 0 Å². The lowest BCUT2D eigenvalue weighted by molar-refractivity contribution is -0.0705. The van der Waals surface area contributed by atoms with Crippen molar-refractivity contribution in [2.24, 2.45) is 16.6 Å². The van der Waals surface area contributed by atoms with Gasteiger partial charge in [0.25, 0.3) is 0 Å². The summed E-state index contributed by atoms with van der Waals surface area (Å²) >= 11 is 0. The number of aliphatic imine (C=N–C) groups is 1. The van der Waals surface area contributed by atoms with Crippen LogP contribution < -0.4 is 5.73 Å². The predicted molar refractivity (Wildman–Crippen MR) is 122 cm³/mol. The molecular formula is C21H35IN4O. The summed E-state index contributed by atoms with van der Waals surface area (Å²) in [4.78, 5) is 9.42. The van der Waals surface area contributed by atoms with E-state index >= 15 is 0 Å². The third kappa shape index (κ3) is 6.61. The highest BCUT2D eigenvalue weighted by Gasteiger charge is 2.22. The van der Waals surface area contributed by atoms with Crippen molar-refractivity contribution in [3.63, 3.8) is 0 Å². The number of morpholine rings is 1. The molecule has 0 aromatic heterocycles. The number of ether oxygens (including phenoxy) is 1. The van der Waals surface area contributed by atoms with Crippen molar-refractivity contribution in [2.45, 2.75) is 58.9 Å². The molecule has 2 unspecified atom stereocenters. The van der Waals surface area contributed by atoms with Gasteiger partial charge in [0.05, 0.1) is 18.8 Å². The SMILES string of the molecule is CC1CCN(C(N)=NCc2ccccc2CN2CC(C)OC(C)C2)CC1.I. The van der Waals surface area contributed by atoms with Crippen LogP contribution in [0, 0.1) is 5.92 Å². The van der Waals surface area contributed by atoms with Crippen molar-refractivity contribution in [1.29, 1.82) is 0 Å². The van der Waals surface area contributed by atoms with Crippen LogP contribution in [0.15, 0.2) is 29.3 Å². The summed E-state index contributed by atoms with van der Waals surface area (Å²) in [7, 11) is 0. The van der Waals surface area contributed by atoms with Gasteiger partial charge in [-0.1, -0.05) is 31.2 Å². The Bertz CT molecular complexity index is 606. The van der Waals surface area contributed by atoms with Gasteiger partial charge in [0, 0.05) is 32.7 Å². The number of likely N-dealkylation sites (tertiary alicyclic amines) is 1. The van der Waals surface area contributed by atoms with Gasteiger partial charge in [-0.25, -0.2) is 4.99 Å². The maximum absolute atomic E-state index is 6.26. The molecule has 0 radical (unpaired) electrons. The smallest absolute Gasteiger partial charge is 0.191 e. The van der Waals surface area contributed by atoms with E-state index in [-0.39, 0.29) is 24.0 Å². The first-order valence-electron chi connectivity index (χ1n) is 10.0. The van der Waals surface area contributed by atoms with Crippen molar-refractivity contribution in [2.75, 3.05) is 26.2 Å². The van der Waals surface area contributed by atoms with E-state index in [0.29, 0.717) is 24.7 Å². The van der Waals surface area contributed by atoms with Crippen LogP contribution in [0.2, 0.25) is 0 Å². The molecule has 3 rings (SSSR count). The second-order valence-corrected chi connectivity index (χ2v) is 8.06. The molecule has 0 bridgehead atoms. The summed E-state index contributed by atoms with van der Waals surface area (Å²) in [5.74, 6) is 1.50. The third-order valence-electron chi connectivity index (χ3n) is 5.53. The molecule has 0 aliphatic carbocycles. The zero-order chi connectivity index (χ0) is 18.5. The van der Waals surface area contributed by atoms with Crippen molar-refractivity contribution < 1.29 is 4.74 Å². The standard InChI is InChI=1S/C21H34N4O.HI/c1-16-8-10-25(11-9-16)21(22)23-12-19-6-4-5-7-20(19)15-24-13-17(2)26-18(3)14-24;/h4-7,16-18H,8-15H2,1-3H3,(H2,22,23);1H. The van der Waals surface area contributed by atoms with Gasteiger partial charge >= 0.3 is 0 Å². The first kappa shape index (κ1) is 22.4. The Morgan fingerprint density at radius 2 is 1.67 bits per heavy atom. The summed E-state index contributed by atoms with van der Waals surface area (Å²) in [6.45, 7) is 12.2. The van der Waals surface area contributed by atoms with Gasteiger partial charge in [0.2, 0.25) is 0 Å². The average Bonchev–Trinajstić information content (AvgIpc) is 2.60. The summed E-state index contributed by atoms with van der Waals surface area (Å²) in [6.07, 6.45) is 3.00. The molecule has 2 aliphatic heterocycles. The maximum atomic E-state index is 6.26. The fourth-order valence-corrected chi connectivity index (χ4v) is 4.02. The Hall–Kier alpha value is -0.860. The predicted octanol–water partition coefficient (Wildman–Crippen LogP) is 3.46. The van der Waals surface area contributed by atoms with Crippen LogP contribution in [0.1, 0.15) is 44.7 Å². The third-order valence-corrected chi connectivity index (χ3v) is 5.53. The van der Waals surface area contributed by atoms with E-state index in [1.165, 1.54) is 24.0 Å². The number of piperidine rings is 1. The van der Waals surface area contributed by atoms with Crippen molar-refractivity contribution in [3.05, 3.63) is 35.4 Å². The van der Waals surface area contributed by atoms with Crippen LogP contribution in [-0.2, 0) is 17.8 Å². The van der Waals surface area contributed by atoms with Crippen molar-refractivity contribution in [1.82, 2.24) is 9.80 Å². The minimum absolute atomic E-state index is 0. The number of nitrogens with two attached hydrogens (primary N) is 1. The van der Waals surface area contributed by atoms with Crippen molar-refractivity contribution in [3.8, 4) is 0 Å². The quantitative estimate of drug-likeness (QED) is 0.403. The van der Waals surface area contributed by atoms with E-state index in [1.54, 1.807) is 0 Å². The Morgan fingerprint density at radius 1 is 1.07 bits per heavy atom. The molecule has 2 fully saturated rings. The first-order chi connectivity index (χ1) is 12.5. The highest BCUT2D eigenvalue weighted by molar-refractivity contribution is 14.0. The van der Waals surface area contributed by atoms with E-state index in [4.69, 9.17) is 15.5 Å². The molecule has 152 valence electrons. The lowest BCUT2D eigenvalue weighted by atomic mass is 10.00. The second kappa shape index (κ2) is 10.6. The molecule has 1 aromatic carbocycles. The van der Waals surface area contributed by atoms with E-state index in [2.05, 4.69) is 54.8 Å². The molecule has 2 heterocycles. The number of hydrogen-bond acceptors (Lipinski definition) is 3. The Morgan fingerprint density at radius 3 is 2.30 bits per heavy atom. The molecule has 0 amide bonds. The number of halogens is 1. The second-order valence-electron chi connectivity index (χ2n) is 8.06. The Labute approximate surface area is 181 Å². The molecule has 27 heavy (non-hydrogen) atoms. The van der Waals surface area contributed by atoms with Gasteiger partial charge in [-0.2, -0.15) is 0 Å². The topological polar surface area (TPSA) is 54.1 Å². The van der Waals surface area contributed by atoms with Crippen LogP contribution in [0.4, 0.5) is 0 Å². The van der Waals surface area contributed by atoms with Crippen molar-refractivity contribution >= 4 is 29.9 Å². The molecule has 2 saturated heterocycles. The molecule has 2 atom stereocenters. The zero-order valence-corrected chi connectivity index (χ0v) is 19.3. The van der Waals surface area contributed by atoms with Gasteiger partial charge in [-0.3, -0.25) is 4.90 Å². The van der Waals surface area contributed by atoms with Crippen LogP contribution >= 0.6 is 24.0 Å². The molecule has 2 N–H and O–H groups in total. The number of nitrogens with zero attached hydrogens (tertiary/aromatic N) is 3. The normalized spacial score (nSPS) is 25.3. The maximum Gasteiger partial charge on any atom is 0.191 e. The zero-order valence-electron chi connectivity index (χ0n) is 16.9. The Balaban J connectivity index is 0.00000261. The molecular weight excluding hydrogens is 451 g/mol. The summed E-state index contributed by atoms with van der Waals surface area (Å²) in [6, 6.07) is 8.61. The van der Waals surface area contributed by atoms with E-state index in [1.807, 2.05) is 0 Å². The number of rotatable bonds is 4. The number of guanidine groups is 1. The van der Waals surface area contributed by atoms with E-state index in [0.717, 1.165) is 38.6 Å². The lowest BCUT2D eigenvalue weighted by Crippen LogP contribution is -2.45. The average molecular weight is 486 g/mol. The largest absolute Gasteiger partial charge is 0.373 e. The summed E-state index contributed by atoms with van der Waals surface area (Å²) in [5.41, 5.74) is 8.88. The van der Waals surface area contributed by atoms with Gasteiger partial charge < -0.3 is 15.4 Å². The fraction of sp³-hybridized carbons (Fsp3) is 0.667. The molecule has 2 aliphatic rings. The van der Waals surface area contributed by atoms with Gasteiger partial charge in [0.15, 0.2) is 5.96 Å². The van der Waals surface area contributed by atoms with E-state index < -0.39 is 0 Å². The minimum atomic E-state index is 0. The number of hydrogen-bond donors (Lipinski definition) is 1. The van der Waals surface area contributed by atoms with Gasteiger partial charge in [-0.15, -0.1) is 24.0 Å². The number of benzene rings is 1. The summed E-state index contributed by atoms with van der Waals surface area (Å²) < 4.78 is 5.85. The summed E-state index contributed by atoms with van der Waals surface area (Å²) in [5, 5.41) is 0. The monoisotopic (exact) mass is 486 g/mol. The lowest BCUT2D eigenvalue weighted by Gasteiger charge is -2.35. The van der Waals surface area contributed by atoms with Crippen LogP contribution in [-0.4, -0.2) is 54.1 Å². The van der Waals surface area contributed by atoms with Crippen LogP contribution in [0.3, 0.4) is 0 Å². The molecule has 5 nitrogen and oxygen atoms in total.